The minimum absolute atomic E-state index is 0.185. The fourth-order valence-electron chi connectivity index (χ4n) is 2.29. The minimum Gasteiger partial charge on any atom is -0.378 e. The number of nitrogens with one attached hydrogen (secondary N) is 1. The van der Waals surface area contributed by atoms with Crippen LogP contribution in [0.1, 0.15) is 11.1 Å². The van der Waals surface area contributed by atoms with Crippen LogP contribution in [0.3, 0.4) is 0 Å². The Hall–Kier alpha value is -1.92. The van der Waals surface area contributed by atoms with Gasteiger partial charge in [0.05, 0.1) is 13.2 Å². The summed E-state index contributed by atoms with van der Waals surface area (Å²) >= 11 is 6.05. The summed E-state index contributed by atoms with van der Waals surface area (Å²) in [5.41, 5.74) is 3.26. The molecule has 0 bridgehead atoms. The SMILES string of the molecule is Cc1ccc(C)c(Nc2nc(Cl)nc(N3CCOCC3)n2)c1. The third-order valence-corrected chi connectivity index (χ3v) is 3.70. The third-order valence-electron chi connectivity index (χ3n) is 3.53. The molecule has 22 heavy (non-hydrogen) atoms. The van der Waals surface area contributed by atoms with Gasteiger partial charge in [0.15, 0.2) is 0 Å². The fourth-order valence-corrected chi connectivity index (χ4v) is 2.45. The highest BCUT2D eigenvalue weighted by molar-refractivity contribution is 6.28. The first-order valence-electron chi connectivity index (χ1n) is 7.20. The van der Waals surface area contributed by atoms with Gasteiger partial charge in [0, 0.05) is 18.8 Å². The van der Waals surface area contributed by atoms with Crippen molar-refractivity contribution in [2.24, 2.45) is 0 Å². The van der Waals surface area contributed by atoms with E-state index in [0.29, 0.717) is 25.1 Å². The van der Waals surface area contributed by atoms with E-state index in [0.717, 1.165) is 24.3 Å². The Balaban J connectivity index is 1.87. The lowest BCUT2D eigenvalue weighted by Crippen LogP contribution is -2.37. The van der Waals surface area contributed by atoms with E-state index in [1.807, 2.05) is 18.7 Å². The van der Waals surface area contributed by atoms with Crippen molar-refractivity contribution < 1.29 is 4.74 Å². The molecular weight excluding hydrogens is 302 g/mol. The Morgan fingerprint density at radius 2 is 1.91 bits per heavy atom. The molecule has 0 saturated carbocycles. The van der Waals surface area contributed by atoms with Gasteiger partial charge in [-0.05, 0) is 42.6 Å². The maximum atomic E-state index is 6.05. The van der Waals surface area contributed by atoms with Crippen LogP contribution in [0.2, 0.25) is 5.28 Å². The third kappa shape index (κ3) is 3.45. The quantitative estimate of drug-likeness (QED) is 0.938. The van der Waals surface area contributed by atoms with Gasteiger partial charge in [-0.2, -0.15) is 15.0 Å². The second-order valence-electron chi connectivity index (χ2n) is 5.27. The van der Waals surface area contributed by atoms with Crippen LogP contribution in [0, 0.1) is 13.8 Å². The molecule has 0 spiro atoms. The number of hydrogen-bond donors (Lipinski definition) is 1. The van der Waals surface area contributed by atoms with Gasteiger partial charge in [0.2, 0.25) is 17.2 Å². The number of benzene rings is 1. The monoisotopic (exact) mass is 319 g/mol. The predicted octanol–water partition coefficient (Wildman–Crippen LogP) is 2.72. The normalized spacial score (nSPS) is 15.0. The molecule has 7 heteroatoms. The van der Waals surface area contributed by atoms with Crippen LogP contribution in [-0.4, -0.2) is 41.3 Å². The zero-order chi connectivity index (χ0) is 15.5. The Morgan fingerprint density at radius 1 is 1.14 bits per heavy atom. The number of aromatic nitrogens is 3. The van der Waals surface area contributed by atoms with E-state index >= 15 is 0 Å². The van der Waals surface area contributed by atoms with E-state index in [1.165, 1.54) is 5.56 Å². The van der Waals surface area contributed by atoms with Crippen LogP contribution < -0.4 is 10.2 Å². The molecule has 6 nitrogen and oxygen atoms in total. The fraction of sp³-hybridized carbons (Fsp3) is 0.400. The molecule has 0 atom stereocenters. The molecule has 1 aliphatic heterocycles. The lowest BCUT2D eigenvalue weighted by molar-refractivity contribution is 0.122. The molecule has 1 saturated heterocycles. The van der Waals surface area contributed by atoms with Crippen molar-refractivity contribution in [2.45, 2.75) is 13.8 Å². The Morgan fingerprint density at radius 3 is 2.68 bits per heavy atom. The van der Waals surface area contributed by atoms with Crippen molar-refractivity contribution in [2.75, 3.05) is 36.5 Å². The molecule has 1 N–H and O–H groups in total. The number of nitrogens with zero attached hydrogens (tertiary/aromatic N) is 4. The number of hydrogen-bond acceptors (Lipinski definition) is 6. The smallest absolute Gasteiger partial charge is 0.233 e. The summed E-state index contributed by atoms with van der Waals surface area (Å²) in [4.78, 5) is 14.9. The lowest BCUT2D eigenvalue weighted by Gasteiger charge is -2.26. The summed E-state index contributed by atoms with van der Waals surface area (Å²) in [6.07, 6.45) is 0. The summed E-state index contributed by atoms with van der Waals surface area (Å²) in [5, 5.41) is 3.41. The molecule has 0 radical (unpaired) electrons. The predicted molar refractivity (Wildman–Crippen MR) is 87.1 cm³/mol. The number of morpholine rings is 1. The molecule has 1 aromatic carbocycles. The Labute approximate surface area is 134 Å². The number of rotatable bonds is 3. The van der Waals surface area contributed by atoms with Crippen LogP contribution in [-0.2, 0) is 4.74 Å². The molecule has 1 aromatic heterocycles. The Kier molecular flexibility index (Phi) is 4.40. The van der Waals surface area contributed by atoms with E-state index in [-0.39, 0.29) is 5.28 Å². The van der Waals surface area contributed by atoms with Crippen molar-refractivity contribution in [3.63, 3.8) is 0 Å². The molecule has 2 heterocycles. The highest BCUT2D eigenvalue weighted by Gasteiger charge is 2.16. The van der Waals surface area contributed by atoms with Crippen LogP contribution >= 0.6 is 11.6 Å². The summed E-state index contributed by atoms with van der Waals surface area (Å²) in [7, 11) is 0. The molecule has 3 rings (SSSR count). The number of ether oxygens (including phenoxy) is 1. The van der Waals surface area contributed by atoms with Crippen molar-refractivity contribution in [3.05, 3.63) is 34.6 Å². The van der Waals surface area contributed by atoms with Gasteiger partial charge in [-0.1, -0.05) is 12.1 Å². The molecule has 1 fully saturated rings. The average Bonchev–Trinajstić information content (AvgIpc) is 2.51. The molecule has 116 valence electrons. The van der Waals surface area contributed by atoms with Crippen LogP contribution in [0.4, 0.5) is 17.6 Å². The van der Waals surface area contributed by atoms with Crippen LogP contribution in [0.25, 0.3) is 0 Å². The standard InChI is InChI=1S/C15H18ClN5O/c1-10-3-4-11(2)12(9-10)17-14-18-13(16)19-15(20-14)21-5-7-22-8-6-21/h3-4,9H,5-8H2,1-2H3,(H,17,18,19,20). The first-order chi connectivity index (χ1) is 10.6. The summed E-state index contributed by atoms with van der Waals surface area (Å²) in [6.45, 7) is 6.93. The zero-order valence-electron chi connectivity index (χ0n) is 12.6. The summed E-state index contributed by atoms with van der Waals surface area (Å²) in [6, 6.07) is 6.19. The second kappa shape index (κ2) is 6.46. The largest absolute Gasteiger partial charge is 0.378 e. The van der Waals surface area contributed by atoms with Crippen molar-refractivity contribution in [3.8, 4) is 0 Å². The van der Waals surface area contributed by atoms with E-state index in [2.05, 4.69) is 38.5 Å². The molecule has 1 aliphatic rings. The molecule has 2 aromatic rings. The highest BCUT2D eigenvalue weighted by atomic mass is 35.5. The zero-order valence-corrected chi connectivity index (χ0v) is 13.4. The molecule has 0 unspecified atom stereocenters. The van der Waals surface area contributed by atoms with Gasteiger partial charge in [0.25, 0.3) is 0 Å². The van der Waals surface area contributed by atoms with E-state index in [9.17, 15) is 0 Å². The topological polar surface area (TPSA) is 63.2 Å². The number of aryl methyl sites for hydroxylation is 2. The van der Waals surface area contributed by atoms with E-state index in [1.54, 1.807) is 0 Å². The number of anilines is 3. The minimum atomic E-state index is 0.185. The van der Waals surface area contributed by atoms with E-state index in [4.69, 9.17) is 16.3 Å². The lowest BCUT2D eigenvalue weighted by atomic mass is 10.1. The highest BCUT2D eigenvalue weighted by Crippen LogP contribution is 2.22. The van der Waals surface area contributed by atoms with Crippen molar-refractivity contribution >= 4 is 29.2 Å². The Bertz CT molecular complexity index is 673. The average molecular weight is 320 g/mol. The maximum absolute atomic E-state index is 6.05. The van der Waals surface area contributed by atoms with Gasteiger partial charge in [-0.15, -0.1) is 0 Å². The second-order valence-corrected chi connectivity index (χ2v) is 5.61. The molecule has 0 aliphatic carbocycles. The van der Waals surface area contributed by atoms with Crippen molar-refractivity contribution in [1.82, 2.24) is 15.0 Å². The van der Waals surface area contributed by atoms with Gasteiger partial charge in [-0.3, -0.25) is 0 Å². The van der Waals surface area contributed by atoms with Gasteiger partial charge in [-0.25, -0.2) is 0 Å². The van der Waals surface area contributed by atoms with Gasteiger partial charge >= 0.3 is 0 Å². The van der Waals surface area contributed by atoms with Crippen LogP contribution in [0.5, 0.6) is 0 Å². The molecule has 0 amide bonds. The van der Waals surface area contributed by atoms with Crippen molar-refractivity contribution in [1.29, 1.82) is 0 Å². The first kappa shape index (κ1) is 15.0. The van der Waals surface area contributed by atoms with E-state index < -0.39 is 0 Å². The number of halogens is 1. The maximum Gasteiger partial charge on any atom is 0.233 e. The summed E-state index contributed by atoms with van der Waals surface area (Å²) in [5.74, 6) is 1.03. The van der Waals surface area contributed by atoms with Gasteiger partial charge < -0.3 is 15.0 Å². The first-order valence-corrected chi connectivity index (χ1v) is 7.58. The summed E-state index contributed by atoms with van der Waals surface area (Å²) < 4.78 is 5.34. The van der Waals surface area contributed by atoms with Gasteiger partial charge in [0.1, 0.15) is 0 Å². The molecular formula is C15H18ClN5O. The van der Waals surface area contributed by atoms with Crippen LogP contribution in [0.15, 0.2) is 18.2 Å².